The van der Waals surface area contributed by atoms with E-state index in [9.17, 15) is 0 Å². The highest BCUT2D eigenvalue weighted by molar-refractivity contribution is 9.10. The van der Waals surface area contributed by atoms with Crippen molar-refractivity contribution in [3.63, 3.8) is 0 Å². The number of aliphatic imine (C=N–C) groups is 1. The zero-order valence-electron chi connectivity index (χ0n) is 11.6. The molecular formula is C14H18BrN5. The van der Waals surface area contributed by atoms with Crippen molar-refractivity contribution in [2.45, 2.75) is 20.4 Å². The van der Waals surface area contributed by atoms with Gasteiger partial charge in [0.15, 0.2) is 5.96 Å². The summed E-state index contributed by atoms with van der Waals surface area (Å²) in [5, 5.41) is 7.25. The van der Waals surface area contributed by atoms with Gasteiger partial charge >= 0.3 is 0 Å². The minimum Gasteiger partial charge on any atom is -0.370 e. The average molecular weight is 336 g/mol. The Morgan fingerprint density at radius 1 is 1.40 bits per heavy atom. The lowest BCUT2D eigenvalue weighted by Gasteiger charge is -2.08. The molecule has 20 heavy (non-hydrogen) atoms. The summed E-state index contributed by atoms with van der Waals surface area (Å²) in [6, 6.07) is 6.11. The van der Waals surface area contributed by atoms with Crippen LogP contribution in [0, 0.1) is 13.8 Å². The number of nitrogens with zero attached hydrogens (tertiary/aromatic N) is 3. The Hall–Kier alpha value is -1.82. The van der Waals surface area contributed by atoms with E-state index in [1.807, 2.05) is 16.9 Å². The molecule has 0 bridgehead atoms. The van der Waals surface area contributed by atoms with Crippen LogP contribution in [0.5, 0.6) is 0 Å². The third kappa shape index (κ3) is 4.09. The van der Waals surface area contributed by atoms with Crippen molar-refractivity contribution >= 4 is 27.6 Å². The summed E-state index contributed by atoms with van der Waals surface area (Å²) in [6.07, 6.45) is 3.66. The number of hydrogen-bond acceptors (Lipinski definition) is 2. The highest BCUT2D eigenvalue weighted by Gasteiger charge is 1.98. The summed E-state index contributed by atoms with van der Waals surface area (Å²) in [7, 11) is 0. The van der Waals surface area contributed by atoms with E-state index in [1.54, 1.807) is 6.20 Å². The summed E-state index contributed by atoms with van der Waals surface area (Å²) < 4.78 is 2.78. The van der Waals surface area contributed by atoms with Crippen LogP contribution in [0.4, 0.5) is 5.69 Å². The maximum absolute atomic E-state index is 5.86. The molecule has 0 fully saturated rings. The highest BCUT2D eigenvalue weighted by Crippen LogP contribution is 2.13. The molecule has 0 saturated heterocycles. The van der Waals surface area contributed by atoms with Gasteiger partial charge in [-0.2, -0.15) is 5.10 Å². The van der Waals surface area contributed by atoms with E-state index in [4.69, 9.17) is 5.73 Å². The highest BCUT2D eigenvalue weighted by atomic mass is 79.9. The van der Waals surface area contributed by atoms with Gasteiger partial charge in [-0.3, -0.25) is 9.67 Å². The Bertz CT molecular complexity index is 618. The maximum atomic E-state index is 5.86. The van der Waals surface area contributed by atoms with Gasteiger partial charge in [0.05, 0.1) is 23.8 Å². The van der Waals surface area contributed by atoms with Crippen LogP contribution in [0.2, 0.25) is 0 Å². The molecule has 0 radical (unpaired) electrons. The van der Waals surface area contributed by atoms with Gasteiger partial charge in [0, 0.05) is 11.9 Å². The molecule has 0 aliphatic carbocycles. The Balaban J connectivity index is 1.88. The van der Waals surface area contributed by atoms with E-state index < -0.39 is 0 Å². The molecule has 5 nitrogen and oxygen atoms in total. The van der Waals surface area contributed by atoms with Crippen molar-refractivity contribution in [1.82, 2.24) is 9.78 Å². The summed E-state index contributed by atoms with van der Waals surface area (Å²) >= 11 is 3.35. The third-order valence-corrected chi connectivity index (χ3v) is 3.40. The number of aromatic nitrogens is 2. The third-order valence-electron chi connectivity index (χ3n) is 2.99. The number of rotatable bonds is 4. The first kappa shape index (κ1) is 14.6. The van der Waals surface area contributed by atoms with Crippen molar-refractivity contribution < 1.29 is 0 Å². The molecule has 0 spiro atoms. The lowest BCUT2D eigenvalue weighted by atomic mass is 10.1. The van der Waals surface area contributed by atoms with Gasteiger partial charge in [0.25, 0.3) is 0 Å². The standard InChI is InChI=1S/C14H18BrN5/c1-10-3-4-13(7-11(10)2)19-14(16)17-5-6-20-9-12(15)8-18-20/h3-4,7-9H,5-6H2,1-2H3,(H3,16,17,19). The SMILES string of the molecule is Cc1ccc(NC(N)=NCCn2cc(Br)cn2)cc1C. The number of aryl methyl sites for hydroxylation is 2. The molecule has 1 heterocycles. The van der Waals surface area contributed by atoms with E-state index in [2.05, 4.69) is 57.3 Å². The lowest BCUT2D eigenvalue weighted by molar-refractivity contribution is 0.625. The van der Waals surface area contributed by atoms with Gasteiger partial charge in [-0.15, -0.1) is 0 Å². The maximum Gasteiger partial charge on any atom is 0.193 e. The van der Waals surface area contributed by atoms with E-state index >= 15 is 0 Å². The summed E-state index contributed by atoms with van der Waals surface area (Å²) in [4.78, 5) is 4.28. The number of hydrogen-bond donors (Lipinski definition) is 2. The largest absolute Gasteiger partial charge is 0.370 e. The fraction of sp³-hybridized carbons (Fsp3) is 0.286. The predicted octanol–water partition coefficient (Wildman–Crippen LogP) is 2.69. The number of guanidine groups is 1. The number of halogens is 1. The first-order valence-electron chi connectivity index (χ1n) is 6.37. The zero-order valence-corrected chi connectivity index (χ0v) is 13.2. The molecule has 0 saturated carbocycles. The van der Waals surface area contributed by atoms with Crippen LogP contribution < -0.4 is 11.1 Å². The number of nitrogens with one attached hydrogen (secondary N) is 1. The summed E-state index contributed by atoms with van der Waals surface area (Å²) in [6.45, 7) is 5.43. The molecule has 0 unspecified atom stereocenters. The Morgan fingerprint density at radius 3 is 2.85 bits per heavy atom. The normalized spacial score (nSPS) is 11.7. The molecule has 2 aromatic rings. The Morgan fingerprint density at radius 2 is 2.20 bits per heavy atom. The Kier molecular flexibility index (Phi) is 4.79. The van der Waals surface area contributed by atoms with Crippen molar-refractivity contribution in [2.75, 3.05) is 11.9 Å². The molecule has 3 N–H and O–H groups in total. The van der Waals surface area contributed by atoms with E-state index in [0.29, 0.717) is 19.0 Å². The first-order chi connectivity index (χ1) is 9.54. The molecule has 0 aliphatic heterocycles. The van der Waals surface area contributed by atoms with Crippen LogP contribution in [0.25, 0.3) is 0 Å². The van der Waals surface area contributed by atoms with Gasteiger partial charge in [-0.1, -0.05) is 6.07 Å². The molecule has 2 rings (SSSR count). The van der Waals surface area contributed by atoms with E-state index in [1.165, 1.54) is 11.1 Å². The van der Waals surface area contributed by atoms with Gasteiger partial charge in [-0.25, -0.2) is 0 Å². The molecule has 1 aromatic carbocycles. The second-order valence-corrected chi connectivity index (χ2v) is 5.53. The van der Waals surface area contributed by atoms with Crippen molar-refractivity contribution in [3.8, 4) is 0 Å². The fourth-order valence-electron chi connectivity index (χ4n) is 1.74. The van der Waals surface area contributed by atoms with Crippen LogP contribution in [0.1, 0.15) is 11.1 Å². The monoisotopic (exact) mass is 335 g/mol. The second-order valence-electron chi connectivity index (χ2n) is 4.61. The van der Waals surface area contributed by atoms with Gasteiger partial charge in [0.1, 0.15) is 0 Å². The number of nitrogens with two attached hydrogens (primary N) is 1. The summed E-state index contributed by atoms with van der Waals surface area (Å²) in [5.74, 6) is 0.416. The second kappa shape index (κ2) is 6.56. The average Bonchev–Trinajstić information content (AvgIpc) is 2.80. The van der Waals surface area contributed by atoms with Crippen molar-refractivity contribution in [1.29, 1.82) is 0 Å². The molecule has 0 aliphatic rings. The molecular weight excluding hydrogens is 318 g/mol. The lowest BCUT2D eigenvalue weighted by Crippen LogP contribution is -2.23. The summed E-state index contributed by atoms with van der Waals surface area (Å²) in [5.41, 5.74) is 9.30. The first-order valence-corrected chi connectivity index (χ1v) is 7.16. The minimum absolute atomic E-state index is 0.416. The minimum atomic E-state index is 0.416. The van der Waals surface area contributed by atoms with Crippen LogP contribution in [-0.2, 0) is 6.54 Å². The topological polar surface area (TPSA) is 68.2 Å². The predicted molar refractivity (Wildman–Crippen MR) is 86.0 cm³/mol. The Labute approximate surface area is 127 Å². The van der Waals surface area contributed by atoms with Gasteiger partial charge in [0.2, 0.25) is 0 Å². The molecule has 0 amide bonds. The molecule has 6 heteroatoms. The van der Waals surface area contributed by atoms with Crippen LogP contribution >= 0.6 is 15.9 Å². The van der Waals surface area contributed by atoms with Crippen LogP contribution in [-0.4, -0.2) is 22.3 Å². The molecule has 0 atom stereocenters. The quantitative estimate of drug-likeness (QED) is 0.666. The smallest absolute Gasteiger partial charge is 0.193 e. The number of benzene rings is 1. The molecule has 1 aromatic heterocycles. The fourth-order valence-corrected chi connectivity index (χ4v) is 2.07. The van der Waals surface area contributed by atoms with Gasteiger partial charge < -0.3 is 11.1 Å². The van der Waals surface area contributed by atoms with Crippen molar-refractivity contribution in [3.05, 3.63) is 46.2 Å². The molecule has 106 valence electrons. The van der Waals surface area contributed by atoms with Crippen LogP contribution in [0.15, 0.2) is 40.1 Å². The van der Waals surface area contributed by atoms with Crippen LogP contribution in [0.3, 0.4) is 0 Å². The number of anilines is 1. The van der Waals surface area contributed by atoms with E-state index in [0.717, 1.165) is 10.2 Å². The zero-order chi connectivity index (χ0) is 14.5. The van der Waals surface area contributed by atoms with Gasteiger partial charge in [-0.05, 0) is 53.0 Å². The van der Waals surface area contributed by atoms with E-state index in [-0.39, 0.29) is 0 Å². The van der Waals surface area contributed by atoms with Crippen molar-refractivity contribution in [2.24, 2.45) is 10.7 Å².